The summed E-state index contributed by atoms with van der Waals surface area (Å²) in [7, 11) is -5.97. The van der Waals surface area contributed by atoms with Crippen molar-refractivity contribution in [3.8, 4) is 5.75 Å². The van der Waals surface area contributed by atoms with Crippen LogP contribution in [0.2, 0.25) is 0 Å². The molecule has 0 spiro atoms. The quantitative estimate of drug-likeness (QED) is 0.700. The van der Waals surface area contributed by atoms with Crippen LogP contribution in [0.4, 0.5) is 0 Å². The lowest BCUT2D eigenvalue weighted by atomic mass is 10.1. The lowest BCUT2D eigenvalue weighted by Gasteiger charge is -2.14. The van der Waals surface area contributed by atoms with Gasteiger partial charge in [-0.05, 0) is 49.9 Å². The zero-order valence-electron chi connectivity index (χ0n) is 14.8. The highest BCUT2D eigenvalue weighted by Gasteiger charge is 2.24. The van der Waals surface area contributed by atoms with Crippen LogP contribution in [0.5, 0.6) is 5.75 Å². The molecule has 0 bridgehead atoms. The maximum Gasteiger partial charge on any atom is 0.244 e. The molecule has 0 aromatic heterocycles. The van der Waals surface area contributed by atoms with Crippen molar-refractivity contribution in [2.45, 2.75) is 50.5 Å². The predicted octanol–water partition coefficient (Wildman–Crippen LogP) is 1.45. The van der Waals surface area contributed by atoms with Gasteiger partial charge in [0.15, 0.2) is 0 Å². The molecule has 9 heteroatoms. The van der Waals surface area contributed by atoms with E-state index in [4.69, 9.17) is 4.74 Å². The van der Waals surface area contributed by atoms with Gasteiger partial charge >= 0.3 is 0 Å². The molecule has 1 aliphatic carbocycles. The van der Waals surface area contributed by atoms with Gasteiger partial charge in [-0.15, -0.1) is 0 Å². The maximum atomic E-state index is 12.5. The molecule has 1 aromatic rings. The number of aryl methyl sites for hydroxylation is 2. The van der Waals surface area contributed by atoms with Gasteiger partial charge in [-0.3, -0.25) is 0 Å². The number of nitrogens with one attached hydrogen (secondary N) is 2. The molecule has 0 atom stereocenters. The fraction of sp³-hybridized carbons (Fsp3) is 0.625. The summed E-state index contributed by atoms with van der Waals surface area (Å²) in [6, 6.07) is 3.16. The maximum absolute atomic E-state index is 12.5. The molecule has 0 aliphatic heterocycles. The molecule has 1 fully saturated rings. The second kappa shape index (κ2) is 8.03. The van der Waals surface area contributed by atoms with Gasteiger partial charge in [0.2, 0.25) is 20.0 Å². The minimum atomic E-state index is -3.86. The van der Waals surface area contributed by atoms with Crippen molar-refractivity contribution in [1.29, 1.82) is 0 Å². The SMILES string of the molecule is COc1cc(C)c(C)cc1S(=O)(=O)NCCS(=O)(=O)NC1CCCC1. The molecule has 2 rings (SSSR count). The van der Waals surface area contributed by atoms with Crippen molar-refractivity contribution in [1.82, 2.24) is 9.44 Å². The summed E-state index contributed by atoms with van der Waals surface area (Å²) in [5.41, 5.74) is 1.73. The van der Waals surface area contributed by atoms with Crippen LogP contribution in [0.15, 0.2) is 17.0 Å². The molecule has 7 nitrogen and oxygen atoms in total. The van der Waals surface area contributed by atoms with E-state index < -0.39 is 20.0 Å². The Bertz CT molecular complexity index is 813. The molecule has 142 valence electrons. The van der Waals surface area contributed by atoms with E-state index in [0.29, 0.717) is 0 Å². The molecule has 0 saturated heterocycles. The zero-order chi connectivity index (χ0) is 18.7. The van der Waals surface area contributed by atoms with E-state index in [2.05, 4.69) is 9.44 Å². The fourth-order valence-corrected chi connectivity index (χ4v) is 5.50. The van der Waals surface area contributed by atoms with Gasteiger partial charge in [0, 0.05) is 12.6 Å². The number of methoxy groups -OCH3 is 1. The van der Waals surface area contributed by atoms with Gasteiger partial charge in [0.05, 0.1) is 12.9 Å². The first-order valence-corrected chi connectivity index (χ1v) is 11.4. The van der Waals surface area contributed by atoms with Crippen LogP contribution in [-0.2, 0) is 20.0 Å². The summed E-state index contributed by atoms with van der Waals surface area (Å²) >= 11 is 0. The molecular weight excluding hydrogens is 364 g/mol. The second-order valence-electron chi connectivity index (χ2n) is 6.40. The lowest BCUT2D eigenvalue weighted by Crippen LogP contribution is -2.38. The predicted molar refractivity (Wildman–Crippen MR) is 96.8 cm³/mol. The van der Waals surface area contributed by atoms with Gasteiger partial charge < -0.3 is 4.74 Å². The first kappa shape index (κ1) is 20.2. The van der Waals surface area contributed by atoms with E-state index in [9.17, 15) is 16.8 Å². The Hall–Kier alpha value is -1.16. The molecule has 1 aromatic carbocycles. The van der Waals surface area contributed by atoms with Crippen LogP contribution in [0, 0.1) is 13.8 Å². The Morgan fingerprint density at radius 3 is 2.28 bits per heavy atom. The average molecular weight is 391 g/mol. The number of sulfonamides is 2. The number of rotatable bonds is 8. The third-order valence-corrected chi connectivity index (χ3v) is 7.35. The highest BCUT2D eigenvalue weighted by molar-refractivity contribution is 7.90. The standard InChI is InChI=1S/C16H26N2O5S2/c1-12-10-15(23-3)16(11-13(12)2)25(21,22)17-8-9-24(19,20)18-14-6-4-5-7-14/h10-11,14,17-18H,4-9H2,1-3H3. The van der Waals surface area contributed by atoms with Gasteiger partial charge in [-0.1, -0.05) is 12.8 Å². The van der Waals surface area contributed by atoms with Crippen molar-refractivity contribution in [2.75, 3.05) is 19.4 Å². The minimum Gasteiger partial charge on any atom is -0.495 e. The number of benzene rings is 1. The number of hydrogen-bond donors (Lipinski definition) is 2. The van der Waals surface area contributed by atoms with Crippen LogP contribution in [0.1, 0.15) is 36.8 Å². The van der Waals surface area contributed by atoms with Crippen LogP contribution in [0.25, 0.3) is 0 Å². The highest BCUT2D eigenvalue weighted by atomic mass is 32.2. The van der Waals surface area contributed by atoms with Gasteiger partial charge in [0.25, 0.3) is 0 Å². The summed E-state index contributed by atoms with van der Waals surface area (Å²) in [6.45, 7) is 3.48. The summed E-state index contributed by atoms with van der Waals surface area (Å²) in [6.07, 6.45) is 3.72. The van der Waals surface area contributed by atoms with E-state index in [0.717, 1.165) is 36.8 Å². The van der Waals surface area contributed by atoms with E-state index in [-0.39, 0.29) is 29.0 Å². The highest BCUT2D eigenvalue weighted by Crippen LogP contribution is 2.27. The topological polar surface area (TPSA) is 102 Å². The van der Waals surface area contributed by atoms with Crippen LogP contribution in [-0.4, -0.2) is 42.3 Å². The van der Waals surface area contributed by atoms with Crippen molar-refractivity contribution < 1.29 is 21.6 Å². The van der Waals surface area contributed by atoms with Crippen LogP contribution < -0.4 is 14.2 Å². The molecule has 1 saturated carbocycles. The van der Waals surface area contributed by atoms with Crippen molar-refractivity contribution in [3.05, 3.63) is 23.3 Å². The van der Waals surface area contributed by atoms with E-state index in [1.54, 1.807) is 6.07 Å². The van der Waals surface area contributed by atoms with Crippen LogP contribution in [0.3, 0.4) is 0 Å². The Morgan fingerprint density at radius 1 is 1.08 bits per heavy atom. The van der Waals surface area contributed by atoms with E-state index in [1.807, 2.05) is 13.8 Å². The summed E-state index contributed by atoms with van der Waals surface area (Å²) in [5.74, 6) is -0.0573. The van der Waals surface area contributed by atoms with E-state index >= 15 is 0 Å². The Kier molecular flexibility index (Phi) is 6.47. The first-order valence-electron chi connectivity index (χ1n) is 8.29. The summed E-state index contributed by atoms with van der Waals surface area (Å²) < 4.78 is 59.3. The van der Waals surface area contributed by atoms with E-state index in [1.165, 1.54) is 13.2 Å². The number of ether oxygens (including phenoxy) is 1. The van der Waals surface area contributed by atoms with Crippen molar-refractivity contribution in [2.24, 2.45) is 0 Å². The van der Waals surface area contributed by atoms with Crippen molar-refractivity contribution in [3.63, 3.8) is 0 Å². The van der Waals surface area contributed by atoms with Gasteiger partial charge in [-0.25, -0.2) is 26.3 Å². The molecular formula is C16H26N2O5S2. The second-order valence-corrected chi connectivity index (χ2v) is 10.0. The Balaban J connectivity index is 2.03. The molecule has 25 heavy (non-hydrogen) atoms. The lowest BCUT2D eigenvalue weighted by molar-refractivity contribution is 0.402. The molecule has 0 radical (unpaired) electrons. The molecule has 0 unspecified atom stereocenters. The monoisotopic (exact) mass is 390 g/mol. The zero-order valence-corrected chi connectivity index (χ0v) is 16.5. The summed E-state index contributed by atoms with van der Waals surface area (Å²) in [4.78, 5) is 0.0132. The number of hydrogen-bond acceptors (Lipinski definition) is 5. The molecule has 0 amide bonds. The van der Waals surface area contributed by atoms with Gasteiger partial charge in [-0.2, -0.15) is 0 Å². The van der Waals surface area contributed by atoms with Crippen LogP contribution >= 0.6 is 0 Å². The third kappa shape index (κ3) is 5.40. The smallest absolute Gasteiger partial charge is 0.244 e. The molecule has 0 heterocycles. The summed E-state index contributed by atoms with van der Waals surface area (Å²) in [5, 5.41) is 0. The third-order valence-electron chi connectivity index (χ3n) is 4.43. The average Bonchev–Trinajstić information content (AvgIpc) is 3.01. The normalized spacial score (nSPS) is 16.3. The van der Waals surface area contributed by atoms with Crippen molar-refractivity contribution >= 4 is 20.0 Å². The minimum absolute atomic E-state index is 0.0132. The first-order chi connectivity index (χ1) is 11.6. The van der Waals surface area contributed by atoms with Gasteiger partial charge in [0.1, 0.15) is 10.6 Å². The molecule has 1 aliphatic rings. The Morgan fingerprint density at radius 2 is 1.68 bits per heavy atom. The molecule has 2 N–H and O–H groups in total. The largest absolute Gasteiger partial charge is 0.495 e. The fourth-order valence-electron chi connectivity index (χ4n) is 2.88. The Labute approximate surface area is 150 Å².